The van der Waals surface area contributed by atoms with Crippen molar-refractivity contribution in [2.75, 3.05) is 32.1 Å². The highest BCUT2D eigenvalue weighted by molar-refractivity contribution is 6.02. The molecule has 1 aliphatic rings. The number of hydrogen-bond donors (Lipinski definition) is 1. The zero-order chi connectivity index (χ0) is 20.9. The lowest BCUT2D eigenvalue weighted by Gasteiger charge is -2.31. The topological polar surface area (TPSA) is 76.8 Å². The molecule has 1 aromatic carbocycles. The van der Waals surface area contributed by atoms with Crippen molar-refractivity contribution >= 4 is 11.6 Å². The number of rotatable bonds is 6. The molecular weight excluding hydrogens is 382 g/mol. The first-order valence-electron chi connectivity index (χ1n) is 9.95. The molecule has 3 heterocycles. The Morgan fingerprint density at radius 2 is 2.20 bits per heavy atom. The van der Waals surface area contributed by atoms with Crippen molar-refractivity contribution in [3.05, 3.63) is 66.2 Å². The number of furan rings is 1. The van der Waals surface area contributed by atoms with Crippen molar-refractivity contribution in [3.8, 4) is 17.1 Å². The molecule has 0 radical (unpaired) electrons. The van der Waals surface area contributed by atoms with Gasteiger partial charge in [0.1, 0.15) is 11.5 Å². The third-order valence-corrected chi connectivity index (χ3v) is 5.01. The van der Waals surface area contributed by atoms with E-state index in [1.54, 1.807) is 43.8 Å². The Morgan fingerprint density at radius 3 is 2.97 bits per heavy atom. The number of carbonyl (C=O) groups excluding carboxylic acids is 1. The van der Waals surface area contributed by atoms with Gasteiger partial charge in [0.05, 0.1) is 37.3 Å². The third-order valence-electron chi connectivity index (χ3n) is 5.01. The normalized spacial score (nSPS) is 16.9. The molecule has 0 aliphatic carbocycles. The van der Waals surface area contributed by atoms with E-state index in [0.717, 1.165) is 37.4 Å². The van der Waals surface area contributed by atoms with Gasteiger partial charge in [-0.3, -0.25) is 14.7 Å². The third kappa shape index (κ3) is 4.69. The molecule has 1 saturated heterocycles. The summed E-state index contributed by atoms with van der Waals surface area (Å²) in [5.41, 5.74) is 2.58. The molecule has 1 N–H and O–H groups in total. The van der Waals surface area contributed by atoms with Gasteiger partial charge < -0.3 is 19.2 Å². The fourth-order valence-electron chi connectivity index (χ4n) is 3.57. The van der Waals surface area contributed by atoms with Crippen LogP contribution in [0.3, 0.4) is 0 Å². The van der Waals surface area contributed by atoms with Gasteiger partial charge in [-0.25, -0.2) is 0 Å². The minimum Gasteiger partial charge on any atom is -0.496 e. The molecular formula is C23H25N3O4. The Kier molecular flexibility index (Phi) is 6.11. The monoisotopic (exact) mass is 407 g/mol. The van der Waals surface area contributed by atoms with E-state index in [2.05, 4.69) is 34.3 Å². The molecule has 1 amide bonds. The molecule has 156 valence electrons. The van der Waals surface area contributed by atoms with Crippen molar-refractivity contribution in [2.24, 2.45) is 0 Å². The molecule has 30 heavy (non-hydrogen) atoms. The fourth-order valence-corrected chi connectivity index (χ4v) is 3.57. The van der Waals surface area contributed by atoms with Crippen LogP contribution in [-0.4, -0.2) is 48.7 Å². The van der Waals surface area contributed by atoms with Gasteiger partial charge in [-0.1, -0.05) is 6.07 Å². The Labute approximate surface area is 175 Å². The van der Waals surface area contributed by atoms with Gasteiger partial charge in [0.15, 0.2) is 5.76 Å². The number of aromatic nitrogens is 1. The number of anilines is 1. The summed E-state index contributed by atoms with van der Waals surface area (Å²) in [4.78, 5) is 18.9. The van der Waals surface area contributed by atoms with E-state index in [1.807, 2.05) is 6.07 Å². The van der Waals surface area contributed by atoms with Gasteiger partial charge >= 0.3 is 0 Å². The predicted octanol–water partition coefficient (Wildman–Crippen LogP) is 3.82. The highest BCUT2D eigenvalue weighted by atomic mass is 16.5. The Balaban J connectivity index is 1.53. The summed E-state index contributed by atoms with van der Waals surface area (Å²) < 4.78 is 17.0. The summed E-state index contributed by atoms with van der Waals surface area (Å²) in [6.45, 7) is 5.47. The van der Waals surface area contributed by atoms with Gasteiger partial charge in [-0.05, 0) is 48.9 Å². The smallest absolute Gasteiger partial charge is 0.291 e. The average Bonchev–Trinajstić information content (AvgIpc) is 3.25. The number of amides is 1. The first-order chi connectivity index (χ1) is 14.6. The lowest BCUT2D eigenvalue weighted by Crippen LogP contribution is -2.40. The molecule has 0 unspecified atom stereocenters. The predicted molar refractivity (Wildman–Crippen MR) is 114 cm³/mol. The first kappa shape index (κ1) is 20.1. The molecule has 3 aromatic rings. The minimum absolute atomic E-state index is 0.225. The zero-order valence-electron chi connectivity index (χ0n) is 17.1. The molecule has 4 rings (SSSR count). The van der Waals surface area contributed by atoms with Crippen LogP contribution in [0.4, 0.5) is 5.69 Å². The van der Waals surface area contributed by atoms with Crippen LogP contribution in [0.15, 0.2) is 59.3 Å². The molecule has 7 heteroatoms. The SMILES string of the molecule is COc1ccc(CN2CCO[C@@H](C)C2)cc1-c1ccc(C(=O)Nc2cccnc2)o1. The summed E-state index contributed by atoms with van der Waals surface area (Å²) in [7, 11) is 1.63. The highest BCUT2D eigenvalue weighted by Crippen LogP contribution is 2.33. The van der Waals surface area contributed by atoms with Crippen molar-refractivity contribution in [1.29, 1.82) is 0 Å². The van der Waals surface area contributed by atoms with Crippen LogP contribution in [0, 0.1) is 0 Å². The van der Waals surface area contributed by atoms with E-state index in [4.69, 9.17) is 13.9 Å². The maximum Gasteiger partial charge on any atom is 0.291 e. The lowest BCUT2D eigenvalue weighted by atomic mass is 10.1. The maximum absolute atomic E-state index is 12.5. The number of nitrogens with zero attached hydrogens (tertiary/aromatic N) is 2. The van der Waals surface area contributed by atoms with Gasteiger partial charge in [-0.2, -0.15) is 0 Å². The van der Waals surface area contributed by atoms with Gasteiger partial charge in [-0.15, -0.1) is 0 Å². The highest BCUT2D eigenvalue weighted by Gasteiger charge is 2.19. The largest absolute Gasteiger partial charge is 0.496 e. The van der Waals surface area contributed by atoms with E-state index in [-0.39, 0.29) is 17.8 Å². The quantitative estimate of drug-likeness (QED) is 0.669. The molecule has 0 bridgehead atoms. The van der Waals surface area contributed by atoms with Gasteiger partial charge in [0.25, 0.3) is 5.91 Å². The standard InChI is InChI=1S/C23H25N3O4/c1-16-14-26(10-11-29-16)15-17-5-6-20(28-2)19(12-17)21-7-8-22(30-21)23(27)25-18-4-3-9-24-13-18/h3-9,12-13,16H,10-11,14-15H2,1-2H3,(H,25,27)/t16-/m0/s1. The molecule has 2 aromatic heterocycles. The van der Waals surface area contributed by atoms with E-state index >= 15 is 0 Å². The number of benzene rings is 1. The van der Waals surface area contributed by atoms with Crippen LogP contribution in [0.1, 0.15) is 23.0 Å². The molecule has 0 spiro atoms. The second-order valence-corrected chi connectivity index (χ2v) is 7.31. The number of morpholine rings is 1. The molecule has 1 atom stereocenters. The number of methoxy groups -OCH3 is 1. The summed E-state index contributed by atoms with van der Waals surface area (Å²) >= 11 is 0. The summed E-state index contributed by atoms with van der Waals surface area (Å²) in [5, 5.41) is 2.78. The number of hydrogen-bond acceptors (Lipinski definition) is 6. The second-order valence-electron chi connectivity index (χ2n) is 7.31. The van der Waals surface area contributed by atoms with Gasteiger partial charge in [0, 0.05) is 25.8 Å². The lowest BCUT2D eigenvalue weighted by molar-refractivity contribution is -0.0212. The van der Waals surface area contributed by atoms with Crippen molar-refractivity contribution in [1.82, 2.24) is 9.88 Å². The number of carbonyl (C=O) groups is 1. The van der Waals surface area contributed by atoms with E-state index in [1.165, 1.54) is 0 Å². The molecule has 1 aliphatic heterocycles. The average molecular weight is 407 g/mol. The fraction of sp³-hybridized carbons (Fsp3) is 0.304. The van der Waals surface area contributed by atoms with Crippen molar-refractivity contribution in [2.45, 2.75) is 19.6 Å². The summed E-state index contributed by atoms with van der Waals surface area (Å²) in [6, 6.07) is 13.0. The molecule has 0 saturated carbocycles. The van der Waals surface area contributed by atoms with Crippen LogP contribution in [0.25, 0.3) is 11.3 Å². The zero-order valence-corrected chi connectivity index (χ0v) is 17.1. The minimum atomic E-state index is -0.327. The summed E-state index contributed by atoms with van der Waals surface area (Å²) in [6.07, 6.45) is 3.47. The van der Waals surface area contributed by atoms with Crippen LogP contribution in [0.5, 0.6) is 5.75 Å². The number of ether oxygens (including phenoxy) is 2. The maximum atomic E-state index is 12.5. The molecule has 1 fully saturated rings. The van der Waals surface area contributed by atoms with Crippen LogP contribution in [0.2, 0.25) is 0 Å². The number of nitrogens with one attached hydrogen (secondary N) is 1. The Bertz CT molecular complexity index is 1000. The summed E-state index contributed by atoms with van der Waals surface area (Å²) in [5.74, 6) is 1.18. The van der Waals surface area contributed by atoms with E-state index in [0.29, 0.717) is 17.2 Å². The van der Waals surface area contributed by atoms with Crippen LogP contribution in [-0.2, 0) is 11.3 Å². The van der Waals surface area contributed by atoms with Crippen molar-refractivity contribution < 1.29 is 18.7 Å². The first-order valence-corrected chi connectivity index (χ1v) is 9.95. The van der Waals surface area contributed by atoms with E-state index in [9.17, 15) is 4.79 Å². The molecule has 7 nitrogen and oxygen atoms in total. The second kappa shape index (κ2) is 9.11. The van der Waals surface area contributed by atoms with Gasteiger partial charge in [0.2, 0.25) is 0 Å². The van der Waals surface area contributed by atoms with Crippen LogP contribution >= 0.6 is 0 Å². The Morgan fingerprint density at radius 1 is 1.30 bits per heavy atom. The van der Waals surface area contributed by atoms with Crippen molar-refractivity contribution in [3.63, 3.8) is 0 Å². The van der Waals surface area contributed by atoms with E-state index < -0.39 is 0 Å². The van der Waals surface area contributed by atoms with Crippen LogP contribution < -0.4 is 10.1 Å². The Hall–Kier alpha value is -3.16. The number of pyridine rings is 1.